The highest BCUT2D eigenvalue weighted by Gasteiger charge is 2.34. The molecule has 0 radical (unpaired) electrons. The number of aromatic nitrogens is 4. The second-order valence-electron chi connectivity index (χ2n) is 5.20. The van der Waals surface area contributed by atoms with E-state index in [4.69, 9.17) is 11.6 Å². The zero-order chi connectivity index (χ0) is 21.1. The van der Waals surface area contributed by atoms with Crippen LogP contribution in [-0.2, 0) is 6.18 Å². The van der Waals surface area contributed by atoms with Gasteiger partial charge in [-0.05, 0) is 47.1 Å². The van der Waals surface area contributed by atoms with Crippen molar-refractivity contribution in [2.45, 2.75) is 26.9 Å². The van der Waals surface area contributed by atoms with Crippen LogP contribution in [0.5, 0.6) is 0 Å². The van der Waals surface area contributed by atoms with Crippen molar-refractivity contribution in [3.63, 3.8) is 0 Å². The molecule has 0 aliphatic heterocycles. The Balaban J connectivity index is 0.00000136. The third-order valence-corrected chi connectivity index (χ3v) is 4.13. The zero-order valence-electron chi connectivity index (χ0n) is 14.9. The number of nitrogens with zero attached hydrogens (tertiary/aromatic N) is 4. The van der Waals surface area contributed by atoms with E-state index in [0.29, 0.717) is 10.2 Å². The van der Waals surface area contributed by atoms with Gasteiger partial charge in [0.25, 0.3) is 0 Å². The third kappa shape index (κ3) is 4.99. The zero-order valence-corrected chi connectivity index (χ0v) is 17.3. The van der Waals surface area contributed by atoms with Crippen molar-refractivity contribution >= 4 is 39.2 Å². The maximum absolute atomic E-state index is 13.2. The van der Waals surface area contributed by atoms with Gasteiger partial charge < -0.3 is 5.32 Å². The maximum atomic E-state index is 13.2. The van der Waals surface area contributed by atoms with Crippen molar-refractivity contribution in [1.29, 1.82) is 0 Å². The van der Waals surface area contributed by atoms with Crippen LogP contribution in [0.3, 0.4) is 0 Å². The van der Waals surface area contributed by atoms with Gasteiger partial charge in [-0.3, -0.25) is 0 Å². The van der Waals surface area contributed by atoms with Crippen LogP contribution < -0.4 is 5.32 Å². The number of benzene rings is 1. The Morgan fingerprint density at radius 2 is 1.86 bits per heavy atom. The minimum absolute atomic E-state index is 0.0781. The van der Waals surface area contributed by atoms with E-state index in [0.717, 1.165) is 16.8 Å². The Morgan fingerprint density at radius 1 is 1.18 bits per heavy atom. The van der Waals surface area contributed by atoms with Crippen LogP contribution in [-0.4, -0.2) is 19.7 Å². The van der Waals surface area contributed by atoms with Crippen LogP contribution in [0.2, 0.25) is 5.02 Å². The smallest absolute Gasteiger partial charge is 0.324 e. The van der Waals surface area contributed by atoms with Gasteiger partial charge in [-0.25, -0.2) is 14.1 Å². The summed E-state index contributed by atoms with van der Waals surface area (Å²) in [7, 11) is 0. The molecule has 0 aliphatic rings. The topological polar surface area (TPSA) is 55.6 Å². The maximum Gasteiger partial charge on any atom is 0.435 e. The summed E-state index contributed by atoms with van der Waals surface area (Å²) >= 11 is 8.92. The van der Waals surface area contributed by atoms with Gasteiger partial charge in [0.15, 0.2) is 11.5 Å². The molecule has 2 heterocycles. The highest BCUT2D eigenvalue weighted by Crippen LogP contribution is 2.30. The lowest BCUT2D eigenvalue weighted by Gasteiger charge is -2.10. The summed E-state index contributed by atoms with van der Waals surface area (Å²) in [4.78, 5) is 8.20. The molecule has 0 amide bonds. The molecule has 0 saturated carbocycles. The highest BCUT2D eigenvalue weighted by atomic mass is 79.9. The van der Waals surface area contributed by atoms with E-state index in [-0.39, 0.29) is 22.5 Å². The van der Waals surface area contributed by atoms with E-state index >= 15 is 0 Å². The molecule has 150 valence electrons. The molecule has 0 saturated heterocycles. The molecule has 28 heavy (non-hydrogen) atoms. The largest absolute Gasteiger partial charge is 0.435 e. The Morgan fingerprint density at radius 3 is 2.43 bits per heavy atom. The second-order valence-corrected chi connectivity index (χ2v) is 6.46. The van der Waals surface area contributed by atoms with Gasteiger partial charge in [0, 0.05) is 17.6 Å². The van der Waals surface area contributed by atoms with Crippen molar-refractivity contribution in [1.82, 2.24) is 19.7 Å². The number of rotatable bonds is 3. The molecule has 5 nitrogen and oxygen atoms in total. The van der Waals surface area contributed by atoms with Crippen LogP contribution >= 0.6 is 27.5 Å². The Labute approximate surface area is 171 Å². The molecule has 1 N–H and O–H groups in total. The molecule has 0 spiro atoms. The summed E-state index contributed by atoms with van der Waals surface area (Å²) in [5.41, 5.74) is -0.370. The lowest BCUT2D eigenvalue weighted by atomic mass is 10.3. The van der Waals surface area contributed by atoms with Crippen molar-refractivity contribution in [3.8, 4) is 5.82 Å². The summed E-state index contributed by atoms with van der Waals surface area (Å²) in [6.07, 6.45) is -3.20. The van der Waals surface area contributed by atoms with Crippen LogP contribution in [0.25, 0.3) is 5.82 Å². The number of halogens is 6. The molecular weight excluding hydrogens is 466 g/mol. The molecule has 2 aromatic heterocycles. The number of nitrogens with one attached hydrogen (secondary N) is 1. The molecule has 0 aliphatic carbocycles. The number of aryl methyl sites for hydroxylation is 1. The molecule has 0 bridgehead atoms. The monoisotopic (exact) mass is 479 g/mol. The normalized spacial score (nSPS) is 11.0. The third-order valence-electron chi connectivity index (χ3n) is 3.28. The van der Waals surface area contributed by atoms with E-state index in [1.54, 1.807) is 0 Å². The van der Waals surface area contributed by atoms with Gasteiger partial charge in [0.05, 0.1) is 9.50 Å². The summed E-state index contributed by atoms with van der Waals surface area (Å²) in [5, 5.41) is 6.27. The Kier molecular flexibility index (Phi) is 7.00. The summed E-state index contributed by atoms with van der Waals surface area (Å²) in [6.45, 7) is 5.48. The lowest BCUT2D eigenvalue weighted by Crippen LogP contribution is -2.10. The standard InChI is InChI=1S/C15H9BrClF4N5.C2H6/c1-7-4-12(15(19,20)21)25-26(7)13-9(16)6-22-14(24-13)23-8-2-3-11(18)10(17)5-8;1-2/h2-6H,1H3,(H,22,23,24);1-2H3. The van der Waals surface area contributed by atoms with Gasteiger partial charge in [0.1, 0.15) is 5.82 Å². The van der Waals surface area contributed by atoms with Crippen LogP contribution in [0.15, 0.2) is 34.9 Å². The number of hydrogen-bond acceptors (Lipinski definition) is 4. The van der Waals surface area contributed by atoms with Crippen molar-refractivity contribution in [3.05, 3.63) is 57.2 Å². The number of hydrogen-bond donors (Lipinski definition) is 1. The fourth-order valence-corrected chi connectivity index (χ4v) is 2.64. The second kappa shape index (κ2) is 8.87. The summed E-state index contributed by atoms with van der Waals surface area (Å²) in [5.74, 6) is -0.389. The first kappa shape index (κ1) is 22.1. The van der Waals surface area contributed by atoms with E-state index in [2.05, 4.69) is 36.3 Å². The average Bonchev–Trinajstić information content (AvgIpc) is 3.03. The minimum atomic E-state index is -4.57. The van der Waals surface area contributed by atoms with E-state index < -0.39 is 17.7 Å². The fraction of sp³-hybridized carbons (Fsp3) is 0.235. The first-order valence-corrected chi connectivity index (χ1v) is 9.21. The molecule has 0 atom stereocenters. The predicted octanol–water partition coefficient (Wildman–Crippen LogP) is 6.31. The first-order valence-electron chi connectivity index (χ1n) is 8.04. The first-order chi connectivity index (χ1) is 13.1. The fourth-order valence-electron chi connectivity index (χ4n) is 2.10. The molecule has 1 aromatic carbocycles. The van der Waals surface area contributed by atoms with Crippen LogP contribution in [0.4, 0.5) is 29.2 Å². The van der Waals surface area contributed by atoms with Gasteiger partial charge in [-0.2, -0.15) is 23.3 Å². The molecule has 3 aromatic rings. The van der Waals surface area contributed by atoms with Crippen LogP contribution in [0, 0.1) is 12.7 Å². The van der Waals surface area contributed by atoms with Gasteiger partial charge in [-0.1, -0.05) is 25.4 Å². The van der Waals surface area contributed by atoms with Gasteiger partial charge in [-0.15, -0.1) is 0 Å². The van der Waals surface area contributed by atoms with Gasteiger partial charge in [0.2, 0.25) is 5.95 Å². The molecular formula is C17H15BrClF4N5. The van der Waals surface area contributed by atoms with E-state index in [9.17, 15) is 17.6 Å². The summed E-state index contributed by atoms with van der Waals surface area (Å²) in [6, 6.07) is 4.84. The van der Waals surface area contributed by atoms with E-state index in [1.807, 2.05) is 13.8 Å². The minimum Gasteiger partial charge on any atom is -0.324 e. The Hall–Kier alpha value is -2.20. The van der Waals surface area contributed by atoms with Crippen molar-refractivity contribution in [2.24, 2.45) is 0 Å². The van der Waals surface area contributed by atoms with Crippen molar-refractivity contribution in [2.75, 3.05) is 5.32 Å². The van der Waals surface area contributed by atoms with E-state index in [1.165, 1.54) is 25.3 Å². The molecule has 11 heteroatoms. The Bertz CT molecular complexity index is 975. The number of anilines is 2. The highest BCUT2D eigenvalue weighted by molar-refractivity contribution is 9.10. The van der Waals surface area contributed by atoms with Crippen molar-refractivity contribution < 1.29 is 17.6 Å². The van der Waals surface area contributed by atoms with Gasteiger partial charge >= 0.3 is 6.18 Å². The quantitative estimate of drug-likeness (QED) is 0.446. The van der Waals surface area contributed by atoms with Crippen LogP contribution in [0.1, 0.15) is 25.2 Å². The SMILES string of the molecule is CC.Cc1cc(C(F)(F)F)nn1-c1nc(Nc2ccc(F)c(Cl)c2)ncc1Br. The molecule has 0 unspecified atom stereocenters. The summed E-state index contributed by atoms with van der Waals surface area (Å²) < 4.78 is 53.2. The number of alkyl halides is 3. The molecule has 3 rings (SSSR count). The average molecular weight is 481 g/mol. The molecule has 0 fully saturated rings. The predicted molar refractivity (Wildman–Crippen MR) is 103 cm³/mol. The lowest BCUT2D eigenvalue weighted by molar-refractivity contribution is -0.141.